The van der Waals surface area contributed by atoms with Crippen molar-refractivity contribution in [3.8, 4) is 0 Å². The number of benzene rings is 1. The van der Waals surface area contributed by atoms with E-state index in [-0.39, 0.29) is 10.5 Å². The highest BCUT2D eigenvalue weighted by atomic mass is 32.2. The van der Waals surface area contributed by atoms with Gasteiger partial charge in [0.2, 0.25) is 16.0 Å². The number of aromatic nitrogens is 1. The summed E-state index contributed by atoms with van der Waals surface area (Å²) in [5.74, 6) is -1.23. The smallest absolute Gasteiger partial charge is 0.255 e. The molecule has 2 heterocycles. The van der Waals surface area contributed by atoms with Crippen LogP contribution in [-0.4, -0.2) is 36.7 Å². The molecule has 0 atom stereocenters. The van der Waals surface area contributed by atoms with E-state index in [1.165, 1.54) is 40.8 Å². The van der Waals surface area contributed by atoms with E-state index in [1.807, 2.05) is 0 Å². The number of nitrogens with one attached hydrogen (secondary N) is 1. The number of halogens is 1. The first-order valence-electron chi connectivity index (χ1n) is 8.50. The molecule has 3 rings (SSSR count). The van der Waals surface area contributed by atoms with E-state index in [0.29, 0.717) is 18.8 Å². The fourth-order valence-corrected chi connectivity index (χ4v) is 4.41. The molecule has 2 aromatic rings. The molecule has 8 heteroatoms. The molecule has 0 bridgehead atoms. The standard InChI is InChI=1S/C18H20FN3O3S/c19-17-13-14(9-10-20-17)18(23)21-15-5-7-16(8-6-15)26(24,25)22-11-3-1-2-4-12-22/h5-10,13H,1-4,11-12H2,(H,21,23). The van der Waals surface area contributed by atoms with Crippen molar-refractivity contribution in [2.45, 2.75) is 30.6 Å². The molecule has 1 amide bonds. The van der Waals surface area contributed by atoms with Crippen LogP contribution in [0.2, 0.25) is 0 Å². The van der Waals surface area contributed by atoms with E-state index in [4.69, 9.17) is 0 Å². The van der Waals surface area contributed by atoms with E-state index >= 15 is 0 Å². The first-order valence-corrected chi connectivity index (χ1v) is 9.94. The number of rotatable bonds is 4. The fraction of sp³-hybridized carbons (Fsp3) is 0.333. The maximum atomic E-state index is 13.1. The van der Waals surface area contributed by atoms with Gasteiger partial charge in [0, 0.05) is 36.6 Å². The number of pyridine rings is 1. The third kappa shape index (κ3) is 4.25. The monoisotopic (exact) mass is 377 g/mol. The Morgan fingerprint density at radius 1 is 1.04 bits per heavy atom. The van der Waals surface area contributed by atoms with Crippen molar-refractivity contribution in [3.63, 3.8) is 0 Å². The zero-order valence-corrected chi connectivity index (χ0v) is 15.0. The van der Waals surface area contributed by atoms with E-state index < -0.39 is 21.9 Å². The zero-order valence-electron chi connectivity index (χ0n) is 14.2. The Balaban J connectivity index is 1.72. The molecule has 0 unspecified atom stereocenters. The fourth-order valence-electron chi connectivity index (χ4n) is 2.89. The van der Waals surface area contributed by atoms with Gasteiger partial charge < -0.3 is 5.32 Å². The molecule has 1 saturated heterocycles. The van der Waals surface area contributed by atoms with Crippen LogP contribution in [-0.2, 0) is 10.0 Å². The molecule has 0 radical (unpaired) electrons. The molecule has 1 aromatic heterocycles. The molecule has 0 saturated carbocycles. The highest BCUT2D eigenvalue weighted by Gasteiger charge is 2.25. The minimum absolute atomic E-state index is 0.138. The first-order chi connectivity index (χ1) is 12.5. The molecule has 1 aliphatic rings. The average Bonchev–Trinajstić information content (AvgIpc) is 2.92. The minimum atomic E-state index is -3.53. The van der Waals surface area contributed by atoms with Crippen LogP contribution < -0.4 is 5.32 Å². The summed E-state index contributed by atoms with van der Waals surface area (Å²) in [5.41, 5.74) is 0.570. The third-order valence-electron chi connectivity index (χ3n) is 4.30. The van der Waals surface area contributed by atoms with Crippen LogP contribution >= 0.6 is 0 Å². The van der Waals surface area contributed by atoms with Gasteiger partial charge in [-0.1, -0.05) is 12.8 Å². The van der Waals surface area contributed by atoms with Crippen molar-refractivity contribution in [1.29, 1.82) is 0 Å². The summed E-state index contributed by atoms with van der Waals surface area (Å²) in [5, 5.41) is 2.61. The summed E-state index contributed by atoms with van der Waals surface area (Å²) < 4.78 is 40.1. The lowest BCUT2D eigenvalue weighted by molar-refractivity contribution is 0.102. The van der Waals surface area contributed by atoms with Gasteiger partial charge in [-0.25, -0.2) is 13.4 Å². The topological polar surface area (TPSA) is 79.4 Å². The summed E-state index contributed by atoms with van der Waals surface area (Å²) in [7, 11) is -3.53. The van der Waals surface area contributed by atoms with E-state index in [9.17, 15) is 17.6 Å². The summed E-state index contributed by atoms with van der Waals surface area (Å²) in [6, 6.07) is 8.44. The largest absolute Gasteiger partial charge is 0.322 e. The molecule has 6 nitrogen and oxygen atoms in total. The summed E-state index contributed by atoms with van der Waals surface area (Å²) >= 11 is 0. The maximum Gasteiger partial charge on any atom is 0.255 e. The van der Waals surface area contributed by atoms with Gasteiger partial charge in [-0.15, -0.1) is 0 Å². The first kappa shape index (κ1) is 18.5. The predicted octanol–water partition coefficient (Wildman–Crippen LogP) is 3.04. The second-order valence-corrected chi connectivity index (χ2v) is 8.10. The van der Waals surface area contributed by atoms with Gasteiger partial charge >= 0.3 is 0 Å². The molecular weight excluding hydrogens is 357 g/mol. The normalized spacial score (nSPS) is 16.0. The number of carbonyl (C=O) groups excluding carboxylic acids is 1. The van der Waals surface area contributed by atoms with Crippen LogP contribution in [0.1, 0.15) is 36.0 Å². The molecule has 1 N–H and O–H groups in total. The Labute approximate surface area is 152 Å². The minimum Gasteiger partial charge on any atom is -0.322 e. The van der Waals surface area contributed by atoms with Crippen LogP contribution in [0.25, 0.3) is 0 Å². The Bertz CT molecular complexity index is 877. The summed E-state index contributed by atoms with van der Waals surface area (Å²) in [6.07, 6.45) is 5.05. The zero-order chi connectivity index (χ0) is 18.6. The van der Waals surface area contributed by atoms with Crippen molar-refractivity contribution in [2.75, 3.05) is 18.4 Å². The SMILES string of the molecule is O=C(Nc1ccc(S(=O)(=O)N2CCCCCC2)cc1)c1ccnc(F)c1. The quantitative estimate of drug-likeness (QED) is 0.831. The number of hydrogen-bond donors (Lipinski definition) is 1. The number of anilines is 1. The lowest BCUT2D eigenvalue weighted by Crippen LogP contribution is -2.31. The number of carbonyl (C=O) groups is 1. The van der Waals surface area contributed by atoms with Gasteiger partial charge in [-0.05, 0) is 43.2 Å². The van der Waals surface area contributed by atoms with Gasteiger partial charge in [0.25, 0.3) is 5.91 Å². The highest BCUT2D eigenvalue weighted by molar-refractivity contribution is 7.89. The predicted molar refractivity (Wildman–Crippen MR) is 95.8 cm³/mol. The molecule has 26 heavy (non-hydrogen) atoms. The molecule has 1 fully saturated rings. The van der Waals surface area contributed by atoms with E-state index in [1.54, 1.807) is 0 Å². The Morgan fingerprint density at radius 2 is 1.69 bits per heavy atom. The van der Waals surface area contributed by atoms with Crippen LogP contribution in [0, 0.1) is 5.95 Å². The molecule has 0 spiro atoms. The number of hydrogen-bond acceptors (Lipinski definition) is 4. The van der Waals surface area contributed by atoms with E-state index in [0.717, 1.165) is 31.7 Å². The van der Waals surface area contributed by atoms with E-state index in [2.05, 4.69) is 10.3 Å². The third-order valence-corrected chi connectivity index (χ3v) is 6.22. The number of sulfonamides is 1. The Kier molecular flexibility index (Phi) is 5.63. The lowest BCUT2D eigenvalue weighted by atomic mass is 10.2. The number of nitrogens with zero attached hydrogens (tertiary/aromatic N) is 2. The Morgan fingerprint density at radius 3 is 2.31 bits per heavy atom. The second-order valence-electron chi connectivity index (χ2n) is 6.16. The molecular formula is C18H20FN3O3S. The molecule has 1 aromatic carbocycles. The van der Waals surface area contributed by atoms with Gasteiger partial charge in [0.15, 0.2) is 0 Å². The van der Waals surface area contributed by atoms with Crippen LogP contribution in [0.15, 0.2) is 47.5 Å². The molecule has 0 aliphatic carbocycles. The van der Waals surface area contributed by atoms with Crippen LogP contribution in [0.5, 0.6) is 0 Å². The molecule has 138 valence electrons. The summed E-state index contributed by atoms with van der Waals surface area (Å²) in [6.45, 7) is 1.07. The number of amides is 1. The van der Waals surface area contributed by atoms with Crippen molar-refractivity contribution in [1.82, 2.24) is 9.29 Å². The lowest BCUT2D eigenvalue weighted by Gasteiger charge is -2.20. The van der Waals surface area contributed by atoms with Gasteiger partial charge in [-0.3, -0.25) is 4.79 Å². The van der Waals surface area contributed by atoms with Gasteiger partial charge in [-0.2, -0.15) is 8.70 Å². The average molecular weight is 377 g/mol. The van der Waals surface area contributed by atoms with Crippen LogP contribution in [0.4, 0.5) is 10.1 Å². The van der Waals surface area contributed by atoms with Crippen molar-refractivity contribution in [3.05, 3.63) is 54.1 Å². The highest BCUT2D eigenvalue weighted by Crippen LogP contribution is 2.22. The van der Waals surface area contributed by atoms with Gasteiger partial charge in [0.1, 0.15) is 0 Å². The second kappa shape index (κ2) is 7.92. The Hall–Kier alpha value is -2.32. The van der Waals surface area contributed by atoms with Crippen molar-refractivity contribution in [2.24, 2.45) is 0 Å². The van der Waals surface area contributed by atoms with Crippen LogP contribution in [0.3, 0.4) is 0 Å². The van der Waals surface area contributed by atoms with Crippen molar-refractivity contribution < 1.29 is 17.6 Å². The van der Waals surface area contributed by atoms with Crippen molar-refractivity contribution >= 4 is 21.6 Å². The van der Waals surface area contributed by atoms with Gasteiger partial charge in [0.05, 0.1) is 4.90 Å². The molecule has 1 aliphatic heterocycles. The maximum absolute atomic E-state index is 13.1. The summed E-state index contributed by atoms with van der Waals surface area (Å²) in [4.78, 5) is 15.7.